The SMILES string of the molecule is CCC(=O)Oc1ccc(CC(N)(C[C@H](C)OC(=O)OCC(C)C)C(=O)O)cc1OC(=O)CC. The highest BCUT2D eigenvalue weighted by Gasteiger charge is 2.37. The van der Waals surface area contributed by atoms with E-state index in [9.17, 15) is 24.3 Å². The summed E-state index contributed by atoms with van der Waals surface area (Å²) < 4.78 is 20.5. The second-order valence-corrected chi connectivity index (χ2v) is 8.16. The minimum atomic E-state index is -1.80. The lowest BCUT2D eigenvalue weighted by molar-refractivity contribution is -0.144. The molecule has 0 aliphatic rings. The summed E-state index contributed by atoms with van der Waals surface area (Å²) in [5.41, 5.74) is 4.79. The van der Waals surface area contributed by atoms with Gasteiger partial charge in [0, 0.05) is 25.7 Å². The predicted octanol–water partition coefficient (Wildman–Crippen LogP) is 3.23. The van der Waals surface area contributed by atoms with Gasteiger partial charge in [0.05, 0.1) is 6.61 Å². The van der Waals surface area contributed by atoms with Crippen molar-refractivity contribution in [2.75, 3.05) is 6.61 Å². The Morgan fingerprint density at radius 1 is 1.00 bits per heavy atom. The van der Waals surface area contributed by atoms with Crippen molar-refractivity contribution in [3.8, 4) is 11.5 Å². The third kappa shape index (κ3) is 9.48. The summed E-state index contributed by atoms with van der Waals surface area (Å²) >= 11 is 0. The summed E-state index contributed by atoms with van der Waals surface area (Å²) in [5, 5.41) is 9.76. The van der Waals surface area contributed by atoms with Crippen LogP contribution in [0.2, 0.25) is 0 Å². The number of esters is 2. The first kappa shape index (κ1) is 27.9. The van der Waals surface area contributed by atoms with Crippen LogP contribution in [0.25, 0.3) is 0 Å². The molecular formula is C23H33NO9. The van der Waals surface area contributed by atoms with E-state index in [1.54, 1.807) is 13.8 Å². The average molecular weight is 468 g/mol. The van der Waals surface area contributed by atoms with E-state index in [0.29, 0.717) is 5.56 Å². The maximum absolute atomic E-state index is 12.0. The topological polar surface area (TPSA) is 151 Å². The van der Waals surface area contributed by atoms with Crippen LogP contribution in [0.3, 0.4) is 0 Å². The van der Waals surface area contributed by atoms with E-state index in [2.05, 4.69) is 0 Å². The number of benzene rings is 1. The molecule has 184 valence electrons. The molecule has 0 aliphatic carbocycles. The molecular weight excluding hydrogens is 434 g/mol. The molecule has 0 aliphatic heterocycles. The van der Waals surface area contributed by atoms with Crippen molar-refractivity contribution >= 4 is 24.1 Å². The van der Waals surface area contributed by atoms with Crippen LogP contribution in [0.15, 0.2) is 18.2 Å². The third-order valence-corrected chi connectivity index (χ3v) is 4.46. The van der Waals surface area contributed by atoms with Gasteiger partial charge in [-0.1, -0.05) is 33.8 Å². The molecule has 3 N–H and O–H groups in total. The Morgan fingerprint density at radius 2 is 1.58 bits per heavy atom. The highest BCUT2D eigenvalue weighted by molar-refractivity contribution is 5.79. The number of carbonyl (C=O) groups is 4. The number of aliphatic carboxylic acids is 1. The molecule has 0 heterocycles. The summed E-state index contributed by atoms with van der Waals surface area (Å²) in [7, 11) is 0. The fraction of sp³-hybridized carbons (Fsp3) is 0.565. The van der Waals surface area contributed by atoms with E-state index in [1.807, 2.05) is 13.8 Å². The molecule has 10 nitrogen and oxygen atoms in total. The minimum Gasteiger partial charge on any atom is -0.480 e. The average Bonchev–Trinajstić information content (AvgIpc) is 2.73. The zero-order valence-corrected chi connectivity index (χ0v) is 19.7. The van der Waals surface area contributed by atoms with Gasteiger partial charge in [0.25, 0.3) is 0 Å². The number of ether oxygens (including phenoxy) is 4. The van der Waals surface area contributed by atoms with Crippen LogP contribution in [-0.2, 0) is 30.3 Å². The number of hydrogen-bond donors (Lipinski definition) is 2. The number of rotatable bonds is 12. The molecule has 1 aromatic carbocycles. The van der Waals surface area contributed by atoms with Crippen molar-refractivity contribution in [1.29, 1.82) is 0 Å². The van der Waals surface area contributed by atoms with Gasteiger partial charge in [-0.3, -0.25) is 14.4 Å². The Bertz CT molecular complexity index is 852. The molecule has 0 fully saturated rings. The normalized spacial score (nSPS) is 13.5. The van der Waals surface area contributed by atoms with E-state index < -0.39 is 35.7 Å². The Morgan fingerprint density at radius 3 is 2.09 bits per heavy atom. The van der Waals surface area contributed by atoms with Gasteiger partial charge in [-0.25, -0.2) is 4.79 Å². The molecule has 0 saturated carbocycles. The largest absolute Gasteiger partial charge is 0.508 e. The molecule has 1 unspecified atom stereocenters. The molecule has 2 atom stereocenters. The quantitative estimate of drug-likeness (QED) is 0.346. The van der Waals surface area contributed by atoms with Crippen LogP contribution < -0.4 is 15.2 Å². The van der Waals surface area contributed by atoms with Crippen molar-refractivity contribution in [3.63, 3.8) is 0 Å². The first-order valence-electron chi connectivity index (χ1n) is 10.8. The summed E-state index contributed by atoms with van der Waals surface area (Å²) in [6, 6.07) is 4.33. The van der Waals surface area contributed by atoms with Crippen LogP contribution in [0.5, 0.6) is 11.5 Å². The lowest BCUT2D eigenvalue weighted by Crippen LogP contribution is -2.52. The van der Waals surface area contributed by atoms with Crippen molar-refractivity contribution in [1.82, 2.24) is 0 Å². The second-order valence-electron chi connectivity index (χ2n) is 8.16. The van der Waals surface area contributed by atoms with Crippen molar-refractivity contribution in [3.05, 3.63) is 23.8 Å². The van der Waals surface area contributed by atoms with Crippen LogP contribution >= 0.6 is 0 Å². The fourth-order valence-corrected chi connectivity index (χ4v) is 2.80. The molecule has 0 aromatic heterocycles. The van der Waals surface area contributed by atoms with Crippen LogP contribution in [-0.4, -0.2) is 47.4 Å². The monoisotopic (exact) mass is 467 g/mol. The number of carboxylic acid groups (broad SMARTS) is 1. The Balaban J connectivity index is 3.05. The molecule has 0 bridgehead atoms. The smallest absolute Gasteiger partial charge is 0.480 e. The molecule has 0 radical (unpaired) electrons. The van der Waals surface area contributed by atoms with Gasteiger partial charge < -0.3 is 29.8 Å². The van der Waals surface area contributed by atoms with Gasteiger partial charge in [0.1, 0.15) is 11.6 Å². The zero-order chi connectivity index (χ0) is 25.2. The van der Waals surface area contributed by atoms with Gasteiger partial charge in [0.2, 0.25) is 0 Å². The van der Waals surface area contributed by atoms with Crippen molar-refractivity contribution < 1.29 is 43.2 Å². The first-order chi connectivity index (χ1) is 15.4. The minimum absolute atomic E-state index is 0.0181. The number of hydrogen-bond acceptors (Lipinski definition) is 9. The maximum atomic E-state index is 12.0. The molecule has 0 spiro atoms. The highest BCUT2D eigenvalue weighted by Crippen LogP contribution is 2.31. The van der Waals surface area contributed by atoms with Gasteiger partial charge in [0.15, 0.2) is 11.5 Å². The van der Waals surface area contributed by atoms with Gasteiger partial charge in [-0.15, -0.1) is 0 Å². The summed E-state index contributed by atoms with van der Waals surface area (Å²) in [6.45, 7) is 8.65. The predicted molar refractivity (Wildman–Crippen MR) is 118 cm³/mol. The zero-order valence-electron chi connectivity index (χ0n) is 19.7. The summed E-state index contributed by atoms with van der Waals surface area (Å²) in [6.07, 6.45) is -1.91. The van der Waals surface area contributed by atoms with Crippen LogP contribution in [0, 0.1) is 5.92 Å². The molecule has 1 aromatic rings. The van der Waals surface area contributed by atoms with Crippen molar-refractivity contribution in [2.45, 2.75) is 71.9 Å². The van der Waals surface area contributed by atoms with E-state index >= 15 is 0 Å². The molecule has 0 amide bonds. The Labute approximate surface area is 193 Å². The summed E-state index contributed by atoms with van der Waals surface area (Å²) in [4.78, 5) is 47.2. The van der Waals surface area contributed by atoms with Gasteiger partial charge >= 0.3 is 24.1 Å². The van der Waals surface area contributed by atoms with E-state index in [4.69, 9.17) is 24.7 Å². The maximum Gasteiger partial charge on any atom is 0.508 e. The summed E-state index contributed by atoms with van der Waals surface area (Å²) in [5.74, 6) is -2.24. The molecule has 10 heteroatoms. The third-order valence-electron chi connectivity index (χ3n) is 4.46. The number of carboxylic acids is 1. The lowest BCUT2D eigenvalue weighted by atomic mass is 9.86. The molecule has 33 heavy (non-hydrogen) atoms. The fourth-order valence-electron chi connectivity index (χ4n) is 2.80. The lowest BCUT2D eigenvalue weighted by Gasteiger charge is -2.28. The van der Waals surface area contributed by atoms with Gasteiger partial charge in [-0.2, -0.15) is 0 Å². The second kappa shape index (κ2) is 12.8. The first-order valence-corrected chi connectivity index (χ1v) is 10.8. The number of nitrogens with two attached hydrogens (primary N) is 1. The van der Waals surface area contributed by atoms with Gasteiger partial charge in [-0.05, 0) is 30.5 Å². The van der Waals surface area contributed by atoms with E-state index in [1.165, 1.54) is 25.1 Å². The highest BCUT2D eigenvalue weighted by atomic mass is 16.7. The standard InChI is InChI=1S/C23H33NO9/c1-6-19(25)32-17-9-8-16(10-18(17)33-20(26)7-2)12-23(24,21(27)28)11-15(5)31-22(29)30-13-14(3)4/h8-10,14-15H,6-7,11-13,24H2,1-5H3,(H,27,28)/t15-,23?/m0/s1. The Hall–Kier alpha value is -3.14. The van der Waals surface area contributed by atoms with E-state index in [0.717, 1.165) is 0 Å². The number of carbonyl (C=O) groups excluding carboxylic acids is 3. The van der Waals surface area contributed by atoms with E-state index in [-0.39, 0.29) is 49.7 Å². The van der Waals surface area contributed by atoms with Crippen LogP contribution in [0.1, 0.15) is 59.4 Å². The van der Waals surface area contributed by atoms with Crippen LogP contribution in [0.4, 0.5) is 4.79 Å². The Kier molecular flexibility index (Phi) is 10.8. The molecule has 1 rings (SSSR count). The van der Waals surface area contributed by atoms with Crippen molar-refractivity contribution in [2.24, 2.45) is 11.7 Å². The molecule has 0 saturated heterocycles.